The SMILES string of the molecule is O=[N+]([O-])c1ccc(N2N=N[C@H]3[C@H]4C[C@@H]([C@@H]5C=CC[C@@H]54)[C@@]32N2CCOCC2)cc1. The van der Waals surface area contributed by atoms with E-state index in [1.807, 2.05) is 12.1 Å². The average molecular weight is 381 g/mol. The molecule has 1 aromatic rings. The molecule has 8 heteroatoms. The highest BCUT2D eigenvalue weighted by Gasteiger charge is 2.72. The van der Waals surface area contributed by atoms with Crippen LogP contribution in [0.25, 0.3) is 0 Å². The lowest BCUT2D eigenvalue weighted by molar-refractivity contribution is -0.384. The van der Waals surface area contributed by atoms with Crippen molar-refractivity contribution >= 4 is 11.4 Å². The molecule has 1 saturated heterocycles. The minimum atomic E-state index is -0.360. The van der Waals surface area contributed by atoms with E-state index in [2.05, 4.69) is 27.3 Å². The van der Waals surface area contributed by atoms with Crippen molar-refractivity contribution in [3.05, 3.63) is 46.5 Å². The summed E-state index contributed by atoms with van der Waals surface area (Å²) in [6, 6.07) is 6.92. The summed E-state index contributed by atoms with van der Waals surface area (Å²) in [5.41, 5.74) is 0.707. The Balaban J connectivity index is 1.45. The number of hydrogen-bond acceptors (Lipinski definition) is 7. The van der Waals surface area contributed by atoms with Crippen molar-refractivity contribution in [2.24, 2.45) is 34.0 Å². The third kappa shape index (κ3) is 1.97. The Hall–Kier alpha value is -2.32. The normalized spacial score (nSPS) is 40.9. The Labute approximate surface area is 163 Å². The lowest BCUT2D eigenvalue weighted by Gasteiger charge is -2.53. The first-order chi connectivity index (χ1) is 13.7. The number of non-ortho nitro benzene ring substituents is 1. The topological polar surface area (TPSA) is 83.6 Å². The van der Waals surface area contributed by atoms with Crippen LogP contribution in [0.3, 0.4) is 0 Å². The highest BCUT2D eigenvalue weighted by molar-refractivity contribution is 5.55. The molecule has 2 bridgehead atoms. The number of hydrogen-bond donors (Lipinski definition) is 0. The number of rotatable bonds is 3. The molecule has 0 spiro atoms. The maximum Gasteiger partial charge on any atom is 0.269 e. The highest BCUT2D eigenvalue weighted by atomic mass is 16.6. The maximum atomic E-state index is 11.1. The Morgan fingerprint density at radius 1 is 1.18 bits per heavy atom. The van der Waals surface area contributed by atoms with E-state index in [-0.39, 0.29) is 22.3 Å². The number of allylic oxidation sites excluding steroid dienone is 2. The fraction of sp³-hybridized carbons (Fsp3) is 0.600. The number of fused-ring (bicyclic) bond motifs is 8. The number of benzene rings is 1. The van der Waals surface area contributed by atoms with Crippen molar-refractivity contribution < 1.29 is 9.66 Å². The smallest absolute Gasteiger partial charge is 0.269 e. The van der Waals surface area contributed by atoms with Crippen LogP contribution >= 0.6 is 0 Å². The van der Waals surface area contributed by atoms with Crippen LogP contribution in [0.5, 0.6) is 0 Å². The molecule has 146 valence electrons. The summed E-state index contributed by atoms with van der Waals surface area (Å²) in [5.74, 6) is 2.29. The van der Waals surface area contributed by atoms with E-state index in [0.29, 0.717) is 23.7 Å². The van der Waals surface area contributed by atoms with Gasteiger partial charge in [0.15, 0.2) is 0 Å². The van der Waals surface area contributed by atoms with Crippen LogP contribution in [0.15, 0.2) is 46.8 Å². The number of nitrogens with zero attached hydrogens (tertiary/aromatic N) is 5. The summed E-state index contributed by atoms with van der Waals surface area (Å²) in [6.07, 6.45) is 7.11. The number of ether oxygens (including phenoxy) is 1. The van der Waals surface area contributed by atoms with E-state index < -0.39 is 0 Å². The second kappa shape index (κ2) is 5.84. The fourth-order valence-electron chi connectivity index (χ4n) is 6.65. The van der Waals surface area contributed by atoms with E-state index in [0.717, 1.165) is 38.4 Å². The van der Waals surface area contributed by atoms with Gasteiger partial charge in [-0.25, -0.2) is 5.01 Å². The second-order valence-corrected chi connectivity index (χ2v) is 8.53. The molecule has 6 atom stereocenters. The molecule has 2 heterocycles. The van der Waals surface area contributed by atoms with Gasteiger partial charge in [-0.05, 0) is 42.7 Å². The van der Waals surface area contributed by atoms with Gasteiger partial charge in [0.25, 0.3) is 5.69 Å². The first-order valence-electron chi connectivity index (χ1n) is 10.2. The summed E-state index contributed by atoms with van der Waals surface area (Å²) in [4.78, 5) is 13.3. The molecule has 28 heavy (non-hydrogen) atoms. The second-order valence-electron chi connectivity index (χ2n) is 8.53. The van der Waals surface area contributed by atoms with E-state index >= 15 is 0 Å². The fourth-order valence-corrected chi connectivity index (χ4v) is 6.65. The minimum absolute atomic E-state index is 0.101. The lowest BCUT2D eigenvalue weighted by atomic mass is 9.71. The van der Waals surface area contributed by atoms with Crippen LogP contribution in [0, 0.1) is 33.8 Å². The standard InChI is InChI=1S/C20H23N5O3/c26-25(27)14-6-4-13(5-7-14)24-20(23-8-10-28-11-9-23)18-12-17(19(20)21-22-24)15-2-1-3-16(15)18/h1,3-7,15-19H,2,8-12H2/t15-,16+,17-,18-,19-,20-/m0/s1. The number of nitro groups is 1. The molecule has 2 saturated carbocycles. The van der Waals surface area contributed by atoms with Crippen molar-refractivity contribution in [1.82, 2.24) is 4.90 Å². The molecule has 3 aliphatic carbocycles. The monoisotopic (exact) mass is 381 g/mol. The van der Waals surface area contributed by atoms with Crippen LogP contribution in [-0.4, -0.2) is 47.8 Å². The number of anilines is 1. The molecular weight excluding hydrogens is 358 g/mol. The predicted molar refractivity (Wildman–Crippen MR) is 102 cm³/mol. The van der Waals surface area contributed by atoms with E-state index in [9.17, 15) is 10.1 Å². The van der Waals surface area contributed by atoms with Crippen molar-refractivity contribution in [2.45, 2.75) is 24.5 Å². The van der Waals surface area contributed by atoms with Gasteiger partial charge in [-0.2, -0.15) is 5.11 Å². The van der Waals surface area contributed by atoms with Gasteiger partial charge in [0.05, 0.1) is 23.8 Å². The zero-order valence-corrected chi connectivity index (χ0v) is 15.6. The Morgan fingerprint density at radius 2 is 1.96 bits per heavy atom. The average Bonchev–Trinajstić information content (AvgIpc) is 3.46. The molecule has 5 aliphatic rings. The summed E-state index contributed by atoms with van der Waals surface area (Å²) >= 11 is 0. The van der Waals surface area contributed by atoms with Crippen molar-refractivity contribution in [1.29, 1.82) is 0 Å². The molecule has 0 radical (unpaired) electrons. The molecule has 3 fully saturated rings. The molecule has 0 unspecified atom stereocenters. The summed E-state index contributed by atoms with van der Waals surface area (Å²) in [5, 5.41) is 22.6. The van der Waals surface area contributed by atoms with Gasteiger partial charge in [0.1, 0.15) is 11.7 Å². The first kappa shape index (κ1) is 16.6. The van der Waals surface area contributed by atoms with Crippen molar-refractivity contribution in [3.63, 3.8) is 0 Å². The van der Waals surface area contributed by atoms with E-state index in [1.54, 1.807) is 12.1 Å². The molecule has 8 nitrogen and oxygen atoms in total. The molecule has 1 aromatic carbocycles. The summed E-state index contributed by atoms with van der Waals surface area (Å²) < 4.78 is 5.64. The molecule has 6 rings (SSSR count). The van der Waals surface area contributed by atoms with Gasteiger partial charge in [-0.15, -0.1) is 0 Å². The first-order valence-corrected chi connectivity index (χ1v) is 10.2. The van der Waals surface area contributed by atoms with Gasteiger partial charge < -0.3 is 4.74 Å². The van der Waals surface area contributed by atoms with Crippen LogP contribution in [0.1, 0.15) is 12.8 Å². The van der Waals surface area contributed by atoms with Crippen molar-refractivity contribution in [2.75, 3.05) is 31.3 Å². The number of morpholine rings is 1. The van der Waals surface area contributed by atoms with Crippen LogP contribution in [-0.2, 0) is 4.74 Å². The molecule has 0 N–H and O–H groups in total. The third-order valence-corrected chi connectivity index (χ3v) is 7.62. The highest BCUT2D eigenvalue weighted by Crippen LogP contribution is 2.66. The Bertz CT molecular complexity index is 865. The molecule has 2 aliphatic heterocycles. The summed E-state index contributed by atoms with van der Waals surface area (Å²) in [6.45, 7) is 3.19. The van der Waals surface area contributed by atoms with Gasteiger partial charge in [-0.3, -0.25) is 15.0 Å². The Kier molecular flexibility index (Phi) is 3.47. The molecule has 0 aromatic heterocycles. The zero-order valence-electron chi connectivity index (χ0n) is 15.6. The van der Waals surface area contributed by atoms with Crippen LogP contribution in [0.2, 0.25) is 0 Å². The van der Waals surface area contributed by atoms with Gasteiger partial charge in [-0.1, -0.05) is 17.4 Å². The van der Waals surface area contributed by atoms with Crippen LogP contribution in [0.4, 0.5) is 11.4 Å². The maximum absolute atomic E-state index is 11.1. The van der Waals surface area contributed by atoms with Gasteiger partial charge in [0, 0.05) is 31.1 Å². The minimum Gasteiger partial charge on any atom is -0.379 e. The zero-order chi connectivity index (χ0) is 18.9. The van der Waals surface area contributed by atoms with Crippen molar-refractivity contribution in [3.8, 4) is 0 Å². The van der Waals surface area contributed by atoms with Gasteiger partial charge >= 0.3 is 0 Å². The Morgan fingerprint density at radius 3 is 2.71 bits per heavy atom. The molecular formula is C20H23N5O3. The quantitative estimate of drug-likeness (QED) is 0.457. The van der Waals surface area contributed by atoms with Crippen LogP contribution < -0.4 is 5.01 Å². The predicted octanol–water partition coefficient (Wildman–Crippen LogP) is 3.02. The van der Waals surface area contributed by atoms with Gasteiger partial charge in [0.2, 0.25) is 0 Å². The van der Waals surface area contributed by atoms with E-state index in [4.69, 9.17) is 9.85 Å². The summed E-state index contributed by atoms with van der Waals surface area (Å²) in [7, 11) is 0. The van der Waals surface area contributed by atoms with E-state index in [1.165, 1.54) is 6.42 Å². The lowest BCUT2D eigenvalue weighted by Crippen LogP contribution is -2.69. The molecule has 0 amide bonds. The third-order valence-electron chi connectivity index (χ3n) is 7.62. The number of nitro benzene ring substituents is 1. The largest absolute Gasteiger partial charge is 0.379 e.